The van der Waals surface area contributed by atoms with E-state index in [0.717, 1.165) is 16.4 Å². The van der Waals surface area contributed by atoms with Crippen molar-refractivity contribution in [3.8, 4) is 16.4 Å². The Labute approximate surface area is 124 Å². The second kappa shape index (κ2) is 5.70. The van der Waals surface area contributed by atoms with E-state index in [0.29, 0.717) is 17.9 Å². The van der Waals surface area contributed by atoms with Gasteiger partial charge in [-0.3, -0.25) is 14.3 Å². The number of aromatic amines is 1. The molecule has 104 valence electrons. The summed E-state index contributed by atoms with van der Waals surface area (Å²) < 4.78 is 9.31. The Hall–Kier alpha value is -1.77. The quantitative estimate of drug-likeness (QED) is 0.736. The summed E-state index contributed by atoms with van der Waals surface area (Å²) in [6.07, 6.45) is 3.71. The van der Waals surface area contributed by atoms with Gasteiger partial charge in [-0.05, 0) is 23.7 Å². The summed E-state index contributed by atoms with van der Waals surface area (Å²) in [5.41, 5.74) is 0.892. The molecular formula is C12H13N5OS2. The van der Waals surface area contributed by atoms with Crippen molar-refractivity contribution in [3.05, 3.63) is 34.7 Å². The van der Waals surface area contributed by atoms with Crippen LogP contribution in [0.25, 0.3) is 16.4 Å². The van der Waals surface area contributed by atoms with Crippen LogP contribution in [0.1, 0.15) is 0 Å². The molecule has 6 nitrogen and oxygen atoms in total. The Bertz CT molecular complexity index is 740. The third-order valence-corrected chi connectivity index (χ3v) is 3.96. The average Bonchev–Trinajstić information content (AvgIpc) is 3.15. The lowest BCUT2D eigenvalue weighted by Gasteiger charge is -2.02. The molecule has 0 bridgehead atoms. The van der Waals surface area contributed by atoms with Crippen molar-refractivity contribution < 1.29 is 4.74 Å². The number of nitrogens with zero attached hydrogens (tertiary/aromatic N) is 4. The zero-order chi connectivity index (χ0) is 13.9. The summed E-state index contributed by atoms with van der Waals surface area (Å²) >= 11 is 6.94. The molecule has 0 atom stereocenters. The number of hydrogen-bond donors (Lipinski definition) is 1. The lowest BCUT2D eigenvalue weighted by Crippen LogP contribution is -2.04. The Morgan fingerprint density at radius 1 is 1.50 bits per heavy atom. The second-order valence-electron chi connectivity index (χ2n) is 4.12. The predicted molar refractivity (Wildman–Crippen MR) is 79.7 cm³/mol. The molecule has 0 saturated carbocycles. The average molecular weight is 307 g/mol. The van der Waals surface area contributed by atoms with Crippen LogP contribution in [-0.2, 0) is 11.3 Å². The maximum atomic E-state index is 5.31. The van der Waals surface area contributed by atoms with Crippen LogP contribution < -0.4 is 0 Å². The van der Waals surface area contributed by atoms with Crippen molar-refractivity contribution in [2.45, 2.75) is 6.54 Å². The fraction of sp³-hybridized carbons (Fsp3) is 0.250. The summed E-state index contributed by atoms with van der Waals surface area (Å²) in [6.45, 7) is 1.33. The summed E-state index contributed by atoms with van der Waals surface area (Å²) in [6, 6.07) is 4.01. The van der Waals surface area contributed by atoms with E-state index >= 15 is 0 Å². The maximum Gasteiger partial charge on any atom is 0.200 e. The van der Waals surface area contributed by atoms with Gasteiger partial charge in [0.05, 0.1) is 29.9 Å². The molecule has 0 aromatic carbocycles. The molecule has 3 aromatic rings. The summed E-state index contributed by atoms with van der Waals surface area (Å²) in [7, 11) is 1.67. The third-order valence-electron chi connectivity index (χ3n) is 2.82. The van der Waals surface area contributed by atoms with Gasteiger partial charge >= 0.3 is 0 Å². The van der Waals surface area contributed by atoms with E-state index in [1.165, 1.54) is 0 Å². The summed E-state index contributed by atoms with van der Waals surface area (Å²) in [5, 5.41) is 13.5. The topological polar surface area (TPSA) is 60.7 Å². The minimum absolute atomic E-state index is 0.555. The number of ether oxygens (including phenoxy) is 1. The van der Waals surface area contributed by atoms with Crippen LogP contribution in [0.5, 0.6) is 0 Å². The smallest absolute Gasteiger partial charge is 0.200 e. The zero-order valence-electron chi connectivity index (χ0n) is 10.8. The largest absolute Gasteiger partial charge is 0.383 e. The van der Waals surface area contributed by atoms with Crippen LogP contribution >= 0.6 is 23.6 Å². The first kappa shape index (κ1) is 13.2. The molecule has 20 heavy (non-hydrogen) atoms. The number of methoxy groups -OCH3 is 1. The van der Waals surface area contributed by atoms with Crippen LogP contribution in [0.15, 0.2) is 29.9 Å². The van der Waals surface area contributed by atoms with Gasteiger partial charge in [0, 0.05) is 13.3 Å². The minimum atomic E-state index is 0.555. The zero-order valence-corrected chi connectivity index (χ0v) is 12.4. The number of hydrogen-bond acceptors (Lipinski definition) is 5. The fourth-order valence-electron chi connectivity index (χ4n) is 1.88. The van der Waals surface area contributed by atoms with Crippen LogP contribution in [-0.4, -0.2) is 38.3 Å². The monoisotopic (exact) mass is 307 g/mol. The Morgan fingerprint density at radius 2 is 2.40 bits per heavy atom. The van der Waals surface area contributed by atoms with Crippen LogP contribution in [0.3, 0.4) is 0 Å². The number of thiophene rings is 1. The summed E-state index contributed by atoms with van der Waals surface area (Å²) in [4.78, 5) is 1.06. The maximum absolute atomic E-state index is 5.31. The standard InChI is InChI=1S/C12H13N5OS2/c1-18-5-4-16-8-9(7-13-16)17-11(14-15-12(17)19)10-3-2-6-20-10/h2-3,6-8H,4-5H2,1H3,(H,15,19). The van der Waals surface area contributed by atoms with Gasteiger partial charge in [0.25, 0.3) is 0 Å². The van der Waals surface area contributed by atoms with E-state index in [-0.39, 0.29) is 0 Å². The third kappa shape index (κ3) is 2.45. The van der Waals surface area contributed by atoms with Crippen molar-refractivity contribution in [2.24, 2.45) is 0 Å². The molecule has 0 amide bonds. The van der Waals surface area contributed by atoms with Crippen LogP contribution in [0.4, 0.5) is 0 Å². The van der Waals surface area contributed by atoms with E-state index in [9.17, 15) is 0 Å². The number of aromatic nitrogens is 5. The van der Waals surface area contributed by atoms with Gasteiger partial charge in [-0.25, -0.2) is 0 Å². The molecule has 0 aliphatic rings. The highest BCUT2D eigenvalue weighted by molar-refractivity contribution is 7.71. The molecule has 3 rings (SSSR count). The Morgan fingerprint density at radius 3 is 3.15 bits per heavy atom. The normalized spacial score (nSPS) is 11.1. The molecule has 0 unspecified atom stereocenters. The van der Waals surface area contributed by atoms with Gasteiger partial charge in [0.15, 0.2) is 10.6 Å². The molecule has 0 fully saturated rings. The first-order valence-electron chi connectivity index (χ1n) is 6.02. The number of nitrogens with one attached hydrogen (secondary N) is 1. The lowest BCUT2D eigenvalue weighted by molar-refractivity contribution is 0.183. The molecule has 1 N–H and O–H groups in total. The fourth-order valence-corrected chi connectivity index (χ4v) is 2.82. The summed E-state index contributed by atoms with van der Waals surface area (Å²) in [5.74, 6) is 0.802. The highest BCUT2D eigenvalue weighted by Crippen LogP contribution is 2.25. The van der Waals surface area contributed by atoms with Gasteiger partial charge < -0.3 is 4.74 Å². The predicted octanol–water partition coefficient (Wildman–Crippen LogP) is 2.50. The Balaban J connectivity index is 2.00. The Kier molecular flexibility index (Phi) is 3.77. The highest BCUT2D eigenvalue weighted by atomic mass is 32.1. The molecule has 3 aromatic heterocycles. The number of rotatable bonds is 5. The molecule has 0 saturated heterocycles. The van der Waals surface area contributed by atoms with Crippen molar-refractivity contribution in [1.82, 2.24) is 24.5 Å². The van der Waals surface area contributed by atoms with E-state index in [1.807, 2.05) is 33.0 Å². The minimum Gasteiger partial charge on any atom is -0.383 e. The van der Waals surface area contributed by atoms with E-state index < -0.39 is 0 Å². The molecule has 8 heteroatoms. The number of H-pyrrole nitrogens is 1. The second-order valence-corrected chi connectivity index (χ2v) is 5.45. The van der Waals surface area contributed by atoms with Gasteiger partial charge in [-0.1, -0.05) is 6.07 Å². The van der Waals surface area contributed by atoms with Gasteiger partial charge in [-0.2, -0.15) is 10.2 Å². The van der Waals surface area contributed by atoms with E-state index in [2.05, 4.69) is 15.3 Å². The van der Waals surface area contributed by atoms with Crippen molar-refractivity contribution in [2.75, 3.05) is 13.7 Å². The molecule has 0 radical (unpaired) electrons. The molecule has 0 aliphatic carbocycles. The molecule has 0 spiro atoms. The van der Waals surface area contributed by atoms with E-state index in [4.69, 9.17) is 17.0 Å². The van der Waals surface area contributed by atoms with Crippen molar-refractivity contribution >= 4 is 23.6 Å². The lowest BCUT2D eigenvalue weighted by atomic mass is 10.4. The van der Waals surface area contributed by atoms with Crippen molar-refractivity contribution in [1.29, 1.82) is 0 Å². The van der Waals surface area contributed by atoms with E-state index in [1.54, 1.807) is 24.6 Å². The van der Waals surface area contributed by atoms with Gasteiger partial charge in [0.1, 0.15) is 0 Å². The highest BCUT2D eigenvalue weighted by Gasteiger charge is 2.12. The van der Waals surface area contributed by atoms with Crippen molar-refractivity contribution in [3.63, 3.8) is 0 Å². The molecular weight excluding hydrogens is 294 g/mol. The van der Waals surface area contributed by atoms with Gasteiger partial charge in [-0.15, -0.1) is 11.3 Å². The molecule has 3 heterocycles. The van der Waals surface area contributed by atoms with Crippen LogP contribution in [0, 0.1) is 4.77 Å². The SMILES string of the molecule is COCCn1cc(-n2c(-c3cccs3)n[nH]c2=S)cn1. The molecule has 0 aliphatic heterocycles. The van der Waals surface area contributed by atoms with Gasteiger partial charge in [0.2, 0.25) is 0 Å². The first-order chi connectivity index (χ1) is 9.79. The van der Waals surface area contributed by atoms with Crippen LogP contribution in [0.2, 0.25) is 0 Å². The first-order valence-corrected chi connectivity index (χ1v) is 7.31.